The first-order chi connectivity index (χ1) is 23.6. The number of ether oxygens (including phenoxy) is 3. The second-order valence-electron chi connectivity index (χ2n) is 11.8. The molecule has 0 radical (unpaired) electrons. The van der Waals surface area contributed by atoms with E-state index < -0.39 is 52.3 Å². The van der Waals surface area contributed by atoms with Gasteiger partial charge in [0.2, 0.25) is 5.91 Å². The molecule has 3 aromatic carbocycles. The van der Waals surface area contributed by atoms with Crippen LogP contribution in [0.25, 0.3) is 11.3 Å². The number of nitrogens with one attached hydrogen (secondary N) is 1. The first-order valence-corrected chi connectivity index (χ1v) is 15.4. The number of alkyl halides is 1. The van der Waals surface area contributed by atoms with Crippen LogP contribution in [0.5, 0.6) is 17.2 Å². The second-order valence-corrected chi connectivity index (χ2v) is 12.2. The zero-order chi connectivity index (χ0) is 36.5. The molecule has 2 amide bonds. The molecule has 11 nitrogen and oxygen atoms in total. The number of aromatic nitrogens is 1. The fourth-order valence-corrected chi connectivity index (χ4v) is 5.61. The summed E-state index contributed by atoms with van der Waals surface area (Å²) in [4.78, 5) is 34.7. The number of hydrogen-bond acceptors (Lipinski definition) is 9. The molecule has 1 aliphatic heterocycles. The van der Waals surface area contributed by atoms with Crippen molar-refractivity contribution in [2.75, 3.05) is 33.1 Å². The topological polar surface area (TPSA) is 171 Å². The highest BCUT2D eigenvalue weighted by Gasteiger charge is 2.46. The number of anilines is 1. The number of methoxy groups -OCH3 is 2. The van der Waals surface area contributed by atoms with Gasteiger partial charge in [-0.2, -0.15) is 0 Å². The molecule has 50 heavy (non-hydrogen) atoms. The Morgan fingerprint density at radius 1 is 1.16 bits per heavy atom. The molecule has 0 fully saturated rings. The lowest BCUT2D eigenvalue weighted by atomic mass is 9.80. The smallest absolute Gasteiger partial charge is 0.251 e. The molecular formula is C35H33ClF3N5O6. The monoisotopic (exact) mass is 711 g/mol. The molecule has 6 N–H and O–H groups in total. The van der Waals surface area contributed by atoms with E-state index in [9.17, 15) is 23.5 Å². The van der Waals surface area contributed by atoms with Crippen molar-refractivity contribution in [2.45, 2.75) is 31.2 Å². The molecule has 0 spiro atoms. The van der Waals surface area contributed by atoms with Crippen molar-refractivity contribution in [3.63, 3.8) is 0 Å². The van der Waals surface area contributed by atoms with Crippen LogP contribution in [-0.4, -0.2) is 61.8 Å². The summed E-state index contributed by atoms with van der Waals surface area (Å²) in [5, 5.41) is 14.8. The first-order valence-electron chi connectivity index (χ1n) is 15.1. The van der Waals surface area contributed by atoms with Gasteiger partial charge in [0.1, 0.15) is 52.2 Å². The maximum absolute atomic E-state index is 15.4. The Hall–Kier alpha value is -5.34. The van der Waals surface area contributed by atoms with Gasteiger partial charge in [-0.05, 0) is 55.8 Å². The van der Waals surface area contributed by atoms with Gasteiger partial charge in [0.15, 0.2) is 6.30 Å². The number of benzene rings is 3. The minimum atomic E-state index is -2.18. The number of nitrogen functional groups attached to an aromatic ring is 1. The van der Waals surface area contributed by atoms with Crippen LogP contribution in [0.1, 0.15) is 46.6 Å². The van der Waals surface area contributed by atoms with Crippen LogP contribution < -0.4 is 31.0 Å². The molecule has 5 rings (SSSR count). The van der Waals surface area contributed by atoms with E-state index in [-0.39, 0.29) is 63.0 Å². The molecule has 1 unspecified atom stereocenters. The van der Waals surface area contributed by atoms with Crippen LogP contribution in [0.15, 0.2) is 59.6 Å². The van der Waals surface area contributed by atoms with Gasteiger partial charge >= 0.3 is 0 Å². The quantitative estimate of drug-likeness (QED) is 0.0743. The molecule has 4 aromatic rings. The van der Waals surface area contributed by atoms with E-state index in [0.717, 1.165) is 6.07 Å². The van der Waals surface area contributed by atoms with Crippen LogP contribution >= 0.6 is 11.6 Å². The summed E-state index contributed by atoms with van der Waals surface area (Å²) in [5.41, 5.74) is 8.35. The average Bonchev–Trinajstić information content (AvgIpc) is 3.45. The minimum Gasteiger partial charge on any atom is -0.497 e. The average molecular weight is 712 g/mol. The number of halogens is 4. The Balaban J connectivity index is 1.68. The number of primary amides is 1. The predicted octanol–water partition coefficient (Wildman–Crippen LogP) is 4.82. The number of carbonyl (C=O) groups excluding carboxylic acids is 2. The first kappa shape index (κ1) is 36.0. The number of fused-ring (bicyclic) bond motifs is 1. The van der Waals surface area contributed by atoms with Crippen LogP contribution in [-0.2, 0) is 15.8 Å². The van der Waals surface area contributed by atoms with Crippen LogP contribution in [0.3, 0.4) is 0 Å². The maximum atomic E-state index is 15.4. The Morgan fingerprint density at radius 2 is 1.86 bits per heavy atom. The van der Waals surface area contributed by atoms with Gasteiger partial charge < -0.3 is 36.1 Å². The highest BCUT2D eigenvalue weighted by molar-refractivity contribution is 6.31. The third-order valence-corrected chi connectivity index (χ3v) is 8.74. The summed E-state index contributed by atoms with van der Waals surface area (Å²) in [6.07, 6.45) is -0.370. The summed E-state index contributed by atoms with van der Waals surface area (Å²) in [5.74, 6) is -3.01. The second kappa shape index (κ2) is 13.9. The Morgan fingerprint density at radius 3 is 2.48 bits per heavy atom. The number of rotatable bonds is 11. The van der Waals surface area contributed by atoms with Gasteiger partial charge in [-0.15, -0.1) is 0 Å². The predicted molar refractivity (Wildman–Crippen MR) is 181 cm³/mol. The fourth-order valence-electron chi connectivity index (χ4n) is 5.44. The SMILES string of the molecule is COc1ccc([C@](O)(CNC(=O)c2cc(/C=N/C(C)F)c(N)c(OC)c2)c2cc3c(c(-c4cc(Cl)c(F)cc4F)n2)OC[C@]3(C)C(N)=O)cc1. The number of carbonyl (C=O) groups is 2. The molecule has 0 bridgehead atoms. The van der Waals surface area contributed by atoms with E-state index in [1.807, 2.05) is 0 Å². The van der Waals surface area contributed by atoms with Gasteiger partial charge in [-0.1, -0.05) is 23.7 Å². The number of pyridine rings is 1. The highest BCUT2D eigenvalue weighted by Crippen LogP contribution is 2.47. The van der Waals surface area contributed by atoms with Gasteiger partial charge in [0, 0.05) is 34.5 Å². The summed E-state index contributed by atoms with van der Waals surface area (Å²) in [6.45, 7) is 1.95. The fraction of sp³-hybridized carbons (Fsp3) is 0.257. The van der Waals surface area contributed by atoms with E-state index in [4.69, 9.17) is 37.3 Å². The molecule has 15 heteroatoms. The molecule has 3 atom stereocenters. The Kier molecular flexibility index (Phi) is 9.98. The molecular weight excluding hydrogens is 679 g/mol. The summed E-state index contributed by atoms with van der Waals surface area (Å²) in [7, 11) is 2.79. The van der Waals surface area contributed by atoms with Crippen molar-refractivity contribution in [2.24, 2.45) is 10.7 Å². The van der Waals surface area contributed by atoms with Crippen LogP contribution in [0, 0.1) is 11.6 Å². The van der Waals surface area contributed by atoms with Crippen molar-refractivity contribution in [3.8, 4) is 28.5 Å². The molecule has 1 aromatic heterocycles. The highest BCUT2D eigenvalue weighted by atomic mass is 35.5. The van der Waals surface area contributed by atoms with Gasteiger partial charge in [0.25, 0.3) is 5.91 Å². The molecule has 1 aliphatic rings. The van der Waals surface area contributed by atoms with Gasteiger partial charge in [-0.25, -0.2) is 18.2 Å². The zero-order valence-electron chi connectivity index (χ0n) is 27.3. The largest absolute Gasteiger partial charge is 0.497 e. The lowest BCUT2D eigenvalue weighted by Crippen LogP contribution is -2.43. The number of hydrogen-bond donors (Lipinski definition) is 4. The third-order valence-electron chi connectivity index (χ3n) is 8.45. The van der Waals surface area contributed by atoms with Crippen molar-refractivity contribution < 1.29 is 42.1 Å². The minimum absolute atomic E-state index is 0.0245. The Labute approximate surface area is 290 Å². The maximum Gasteiger partial charge on any atom is 0.251 e. The van der Waals surface area contributed by atoms with Crippen molar-refractivity contribution in [3.05, 3.63) is 99.2 Å². The summed E-state index contributed by atoms with van der Waals surface area (Å²) < 4.78 is 59.5. The molecule has 0 aliphatic carbocycles. The van der Waals surface area contributed by atoms with Crippen LogP contribution in [0.2, 0.25) is 5.02 Å². The van der Waals surface area contributed by atoms with Crippen LogP contribution in [0.4, 0.5) is 18.9 Å². The van der Waals surface area contributed by atoms with E-state index in [1.165, 1.54) is 64.6 Å². The molecule has 262 valence electrons. The van der Waals surface area contributed by atoms with E-state index >= 15 is 4.39 Å². The van der Waals surface area contributed by atoms with E-state index in [0.29, 0.717) is 11.8 Å². The van der Waals surface area contributed by atoms with Crippen molar-refractivity contribution in [1.29, 1.82) is 0 Å². The molecule has 2 heterocycles. The standard InChI is InChI=1S/C35H33ClF3N5O6/c1-17(37)42-14-19-9-18(10-27(49-4)29(19)40)32(45)43-15-35(47,20-5-7-21(48-3)8-6-20)28-12-23-31(50-16-34(23,2)33(41)46)30(44-28)22-11-24(36)26(39)13-25(22)38/h5-14,17,47H,15-16,40H2,1-4H3,(H2,41,46)(H,43,45)/b42-14+/t17?,34-,35+/m0/s1. The molecule has 0 saturated heterocycles. The van der Waals surface area contributed by atoms with Gasteiger partial charge in [0.05, 0.1) is 37.2 Å². The van der Waals surface area contributed by atoms with E-state index in [2.05, 4.69) is 15.3 Å². The zero-order valence-corrected chi connectivity index (χ0v) is 28.1. The lowest BCUT2D eigenvalue weighted by Gasteiger charge is -2.30. The Bertz CT molecular complexity index is 2010. The van der Waals surface area contributed by atoms with Crippen molar-refractivity contribution in [1.82, 2.24) is 10.3 Å². The number of nitrogens with two attached hydrogens (primary N) is 2. The number of aliphatic imine (C=N–C) groups is 1. The number of amides is 2. The normalized spacial score (nSPS) is 17.1. The number of aliphatic hydroxyl groups is 1. The van der Waals surface area contributed by atoms with Gasteiger partial charge in [-0.3, -0.25) is 14.6 Å². The van der Waals surface area contributed by atoms with E-state index in [1.54, 1.807) is 12.1 Å². The number of nitrogens with zero attached hydrogens (tertiary/aromatic N) is 2. The summed E-state index contributed by atoms with van der Waals surface area (Å²) >= 11 is 6.03. The molecule has 0 saturated carbocycles. The van der Waals surface area contributed by atoms with Crippen molar-refractivity contribution >= 4 is 35.3 Å². The summed E-state index contributed by atoms with van der Waals surface area (Å²) in [6, 6.07) is 11.9. The lowest BCUT2D eigenvalue weighted by molar-refractivity contribution is -0.123. The third kappa shape index (κ3) is 6.63.